The van der Waals surface area contributed by atoms with E-state index in [2.05, 4.69) is 14.4 Å². The highest BCUT2D eigenvalue weighted by Gasteiger charge is 2.27. The molecule has 25 heavy (non-hydrogen) atoms. The second-order valence-electron chi connectivity index (χ2n) is 5.03. The number of aromatic nitrogens is 1. The Morgan fingerprint density at radius 2 is 2.08 bits per heavy atom. The summed E-state index contributed by atoms with van der Waals surface area (Å²) in [7, 11) is -3.86. The van der Waals surface area contributed by atoms with Crippen molar-refractivity contribution in [2.75, 3.05) is 17.9 Å². The molecule has 0 unspecified atom stereocenters. The molecule has 1 N–H and O–H groups in total. The van der Waals surface area contributed by atoms with Crippen LogP contribution in [-0.4, -0.2) is 32.8 Å². The first-order valence-corrected chi connectivity index (χ1v) is 9.69. The molecule has 0 spiro atoms. The van der Waals surface area contributed by atoms with Crippen molar-refractivity contribution in [3.8, 4) is 0 Å². The van der Waals surface area contributed by atoms with Crippen molar-refractivity contribution in [1.82, 2.24) is 4.98 Å². The van der Waals surface area contributed by atoms with Crippen molar-refractivity contribution < 1.29 is 26.3 Å². The summed E-state index contributed by atoms with van der Waals surface area (Å²) < 4.78 is 67.5. The van der Waals surface area contributed by atoms with E-state index in [4.69, 9.17) is 11.6 Å². The molecular weight excluding hydrogens is 401 g/mol. The van der Waals surface area contributed by atoms with Gasteiger partial charge in [0.05, 0.1) is 17.2 Å². The molecule has 2 aromatic rings. The number of hydrogen-bond acceptors (Lipinski definition) is 5. The van der Waals surface area contributed by atoms with Gasteiger partial charge in [-0.1, -0.05) is 17.7 Å². The molecule has 0 amide bonds. The summed E-state index contributed by atoms with van der Waals surface area (Å²) in [6.07, 6.45) is -4.23. The second kappa shape index (κ2) is 7.90. The zero-order chi connectivity index (χ0) is 18.7. The summed E-state index contributed by atoms with van der Waals surface area (Å²) in [6, 6.07) is 4.52. The van der Waals surface area contributed by atoms with Crippen LogP contribution in [0.1, 0.15) is 11.3 Å². The molecule has 0 aliphatic carbocycles. The number of alkyl halides is 3. The van der Waals surface area contributed by atoms with Crippen molar-refractivity contribution in [3.63, 3.8) is 0 Å². The summed E-state index contributed by atoms with van der Waals surface area (Å²) in [5.41, 5.74) is 0.849. The summed E-state index contributed by atoms with van der Waals surface area (Å²) in [4.78, 5) is 4.07. The van der Waals surface area contributed by atoms with Crippen LogP contribution in [0.2, 0.25) is 5.02 Å². The smallest absolute Gasteiger partial charge is 0.372 e. The standard InChI is InChI=1S/C14H14ClF3N2O3S2/c1-9-11(15)3-2-4-12(9)25(21,22)20-13-19-10(7-24-13)5-6-23-8-14(16,17)18/h2-4,7H,5-6,8H2,1H3,(H,19,20). The summed E-state index contributed by atoms with van der Waals surface area (Å²) in [5, 5.41) is 1.99. The number of ether oxygens (including phenoxy) is 1. The molecule has 0 atom stereocenters. The van der Waals surface area contributed by atoms with E-state index in [9.17, 15) is 21.6 Å². The van der Waals surface area contributed by atoms with Crippen LogP contribution >= 0.6 is 22.9 Å². The van der Waals surface area contributed by atoms with Crippen LogP contribution < -0.4 is 4.72 Å². The van der Waals surface area contributed by atoms with Crippen LogP contribution in [-0.2, 0) is 21.2 Å². The Bertz CT molecular complexity index is 838. The Balaban J connectivity index is 1.99. The van der Waals surface area contributed by atoms with E-state index in [1.165, 1.54) is 12.1 Å². The Morgan fingerprint density at radius 3 is 2.76 bits per heavy atom. The number of benzene rings is 1. The van der Waals surface area contributed by atoms with Crippen LogP contribution in [0.5, 0.6) is 0 Å². The van der Waals surface area contributed by atoms with Gasteiger partial charge in [-0.2, -0.15) is 13.2 Å². The highest BCUT2D eigenvalue weighted by atomic mass is 35.5. The first kappa shape index (κ1) is 20.0. The number of thiazole rings is 1. The second-order valence-corrected chi connectivity index (χ2v) is 7.95. The van der Waals surface area contributed by atoms with Gasteiger partial charge in [0.1, 0.15) is 6.61 Å². The van der Waals surface area contributed by atoms with Crippen molar-refractivity contribution in [3.05, 3.63) is 39.9 Å². The van der Waals surface area contributed by atoms with E-state index in [-0.39, 0.29) is 23.1 Å². The van der Waals surface area contributed by atoms with Gasteiger partial charge in [0.25, 0.3) is 10.0 Å². The lowest BCUT2D eigenvalue weighted by Crippen LogP contribution is -2.18. The molecule has 0 fully saturated rings. The van der Waals surface area contributed by atoms with E-state index >= 15 is 0 Å². The van der Waals surface area contributed by atoms with Gasteiger partial charge < -0.3 is 4.74 Å². The number of sulfonamides is 1. The fourth-order valence-electron chi connectivity index (χ4n) is 1.88. The highest BCUT2D eigenvalue weighted by molar-refractivity contribution is 7.93. The summed E-state index contributed by atoms with van der Waals surface area (Å²) >= 11 is 6.96. The molecule has 0 radical (unpaired) electrons. The fourth-order valence-corrected chi connectivity index (χ4v) is 4.38. The third-order valence-electron chi connectivity index (χ3n) is 3.05. The van der Waals surface area contributed by atoms with Gasteiger partial charge in [-0.25, -0.2) is 13.4 Å². The Morgan fingerprint density at radius 1 is 1.36 bits per heavy atom. The minimum Gasteiger partial charge on any atom is -0.372 e. The molecule has 5 nitrogen and oxygen atoms in total. The first-order valence-electron chi connectivity index (χ1n) is 6.95. The van der Waals surface area contributed by atoms with Crippen molar-refractivity contribution in [2.45, 2.75) is 24.4 Å². The average Bonchev–Trinajstić information content (AvgIpc) is 2.92. The van der Waals surface area contributed by atoms with Gasteiger partial charge in [-0.05, 0) is 24.6 Å². The van der Waals surface area contributed by atoms with Gasteiger partial charge in [-0.15, -0.1) is 11.3 Å². The lowest BCUT2D eigenvalue weighted by molar-refractivity contribution is -0.173. The Kier molecular flexibility index (Phi) is 6.30. The van der Waals surface area contributed by atoms with Crippen molar-refractivity contribution >= 4 is 38.1 Å². The maximum absolute atomic E-state index is 12.4. The van der Waals surface area contributed by atoms with E-state index < -0.39 is 22.8 Å². The highest BCUT2D eigenvalue weighted by Crippen LogP contribution is 2.26. The van der Waals surface area contributed by atoms with Crippen LogP contribution in [0.4, 0.5) is 18.3 Å². The number of nitrogens with one attached hydrogen (secondary N) is 1. The molecule has 138 valence electrons. The quantitative estimate of drug-likeness (QED) is 0.694. The molecule has 0 saturated carbocycles. The monoisotopic (exact) mass is 414 g/mol. The molecule has 11 heteroatoms. The molecule has 0 aliphatic rings. The van der Waals surface area contributed by atoms with E-state index in [1.807, 2.05) is 0 Å². The zero-order valence-corrected chi connectivity index (χ0v) is 15.3. The van der Waals surface area contributed by atoms with Gasteiger partial charge in [-0.3, -0.25) is 4.72 Å². The topological polar surface area (TPSA) is 68.3 Å². The summed E-state index contributed by atoms with van der Waals surface area (Å²) in [6.45, 7) is 0.0929. The molecule has 1 heterocycles. The van der Waals surface area contributed by atoms with Crippen LogP contribution in [0.15, 0.2) is 28.5 Å². The predicted octanol–water partition coefficient (Wildman–Crippen LogP) is 4.03. The van der Waals surface area contributed by atoms with E-state index in [1.54, 1.807) is 18.4 Å². The number of rotatable bonds is 7. The van der Waals surface area contributed by atoms with Crippen molar-refractivity contribution in [2.24, 2.45) is 0 Å². The van der Waals surface area contributed by atoms with E-state index in [0.717, 1.165) is 11.3 Å². The number of hydrogen-bond donors (Lipinski definition) is 1. The molecule has 2 rings (SSSR count). The third-order valence-corrected chi connectivity index (χ3v) is 5.88. The van der Waals surface area contributed by atoms with Crippen LogP contribution in [0.3, 0.4) is 0 Å². The predicted molar refractivity (Wildman–Crippen MR) is 89.7 cm³/mol. The first-order chi connectivity index (χ1) is 11.6. The number of anilines is 1. The maximum atomic E-state index is 12.4. The van der Waals surface area contributed by atoms with Crippen LogP contribution in [0.25, 0.3) is 0 Å². The normalized spacial score (nSPS) is 12.4. The lowest BCUT2D eigenvalue weighted by atomic mass is 10.2. The van der Waals surface area contributed by atoms with Crippen LogP contribution in [0, 0.1) is 6.92 Å². The number of nitrogens with zero attached hydrogens (tertiary/aromatic N) is 1. The van der Waals surface area contributed by atoms with E-state index in [0.29, 0.717) is 16.3 Å². The minimum atomic E-state index is -4.38. The van der Waals surface area contributed by atoms with Gasteiger partial charge in [0.2, 0.25) is 0 Å². The number of halogens is 4. The maximum Gasteiger partial charge on any atom is 0.411 e. The molecule has 1 aromatic carbocycles. The van der Waals surface area contributed by atoms with Gasteiger partial charge in [0, 0.05) is 16.8 Å². The fraction of sp³-hybridized carbons (Fsp3) is 0.357. The van der Waals surface area contributed by atoms with Gasteiger partial charge >= 0.3 is 6.18 Å². The summed E-state index contributed by atoms with van der Waals surface area (Å²) in [5.74, 6) is 0. The molecule has 0 saturated heterocycles. The minimum absolute atomic E-state index is 0.0326. The third kappa shape index (κ3) is 5.84. The molecule has 1 aromatic heterocycles. The zero-order valence-electron chi connectivity index (χ0n) is 12.9. The Hall–Kier alpha value is -1.36. The molecule has 0 bridgehead atoms. The molecule has 0 aliphatic heterocycles. The SMILES string of the molecule is Cc1c(Cl)cccc1S(=O)(=O)Nc1nc(CCOCC(F)(F)F)cs1. The van der Waals surface area contributed by atoms with Gasteiger partial charge in [0.15, 0.2) is 5.13 Å². The average molecular weight is 415 g/mol. The lowest BCUT2D eigenvalue weighted by Gasteiger charge is -2.09. The Labute approximate surface area is 151 Å². The largest absolute Gasteiger partial charge is 0.411 e. The molecular formula is C14H14ClF3N2O3S2. The van der Waals surface area contributed by atoms with Crippen molar-refractivity contribution in [1.29, 1.82) is 0 Å².